The number of ether oxygens (including phenoxy) is 2. The molecule has 1 aromatic carbocycles. The van der Waals surface area contributed by atoms with Crippen molar-refractivity contribution in [3.05, 3.63) is 54.0 Å². The van der Waals surface area contributed by atoms with Crippen molar-refractivity contribution in [2.45, 2.75) is 13.5 Å². The van der Waals surface area contributed by atoms with E-state index in [1.807, 2.05) is 30.3 Å². The molecule has 0 aliphatic carbocycles. The van der Waals surface area contributed by atoms with Crippen LogP contribution in [0.1, 0.15) is 23.0 Å². The molecular weight excluding hydrogens is 306 g/mol. The SMILES string of the molecule is CC1COCCN(C(=O)c2cnc(OCc3ccccc3)cn2)C1. The van der Waals surface area contributed by atoms with Gasteiger partial charge in [0, 0.05) is 13.1 Å². The van der Waals surface area contributed by atoms with Crippen molar-refractivity contribution in [3.63, 3.8) is 0 Å². The molecule has 1 aliphatic rings. The highest BCUT2D eigenvalue weighted by atomic mass is 16.5. The average Bonchev–Trinajstić information content (AvgIpc) is 2.85. The van der Waals surface area contributed by atoms with Gasteiger partial charge in [0.15, 0.2) is 0 Å². The zero-order valence-electron chi connectivity index (χ0n) is 13.7. The van der Waals surface area contributed by atoms with E-state index in [9.17, 15) is 4.79 Å². The Labute approximate surface area is 141 Å². The van der Waals surface area contributed by atoms with E-state index in [1.54, 1.807) is 4.90 Å². The number of carbonyl (C=O) groups is 1. The molecule has 1 atom stereocenters. The Morgan fingerprint density at radius 3 is 2.88 bits per heavy atom. The Morgan fingerprint density at radius 1 is 1.29 bits per heavy atom. The molecule has 1 aromatic heterocycles. The summed E-state index contributed by atoms with van der Waals surface area (Å²) >= 11 is 0. The van der Waals surface area contributed by atoms with Gasteiger partial charge in [0.05, 0.1) is 25.6 Å². The van der Waals surface area contributed by atoms with Crippen LogP contribution in [0.15, 0.2) is 42.7 Å². The number of aromatic nitrogens is 2. The molecule has 0 radical (unpaired) electrons. The Hall–Kier alpha value is -2.47. The molecule has 1 fully saturated rings. The number of nitrogens with zero attached hydrogens (tertiary/aromatic N) is 3. The van der Waals surface area contributed by atoms with E-state index in [0.29, 0.717) is 50.4 Å². The first-order valence-corrected chi connectivity index (χ1v) is 8.08. The van der Waals surface area contributed by atoms with Crippen molar-refractivity contribution < 1.29 is 14.3 Å². The van der Waals surface area contributed by atoms with Crippen LogP contribution in [0.4, 0.5) is 0 Å². The summed E-state index contributed by atoms with van der Waals surface area (Å²) in [5.41, 5.74) is 1.38. The molecule has 0 saturated carbocycles. The summed E-state index contributed by atoms with van der Waals surface area (Å²) in [6, 6.07) is 9.83. The summed E-state index contributed by atoms with van der Waals surface area (Å²) in [7, 11) is 0. The minimum Gasteiger partial charge on any atom is -0.472 e. The van der Waals surface area contributed by atoms with E-state index in [-0.39, 0.29) is 5.91 Å². The number of hydrogen-bond acceptors (Lipinski definition) is 5. The van der Waals surface area contributed by atoms with Gasteiger partial charge in [-0.3, -0.25) is 4.79 Å². The molecule has 6 heteroatoms. The maximum absolute atomic E-state index is 12.5. The van der Waals surface area contributed by atoms with Crippen LogP contribution in [0.25, 0.3) is 0 Å². The molecule has 1 saturated heterocycles. The lowest BCUT2D eigenvalue weighted by atomic mass is 10.2. The van der Waals surface area contributed by atoms with Crippen molar-refractivity contribution >= 4 is 5.91 Å². The van der Waals surface area contributed by atoms with Crippen LogP contribution in [-0.2, 0) is 11.3 Å². The van der Waals surface area contributed by atoms with Crippen LogP contribution in [0, 0.1) is 5.92 Å². The lowest BCUT2D eigenvalue weighted by Crippen LogP contribution is -2.35. The molecule has 0 spiro atoms. The van der Waals surface area contributed by atoms with Crippen LogP contribution in [-0.4, -0.2) is 47.1 Å². The van der Waals surface area contributed by atoms with Gasteiger partial charge in [-0.15, -0.1) is 0 Å². The molecule has 2 aromatic rings. The lowest BCUT2D eigenvalue weighted by Gasteiger charge is -2.21. The monoisotopic (exact) mass is 327 g/mol. The highest BCUT2D eigenvalue weighted by Gasteiger charge is 2.22. The maximum atomic E-state index is 12.5. The number of carbonyl (C=O) groups excluding carboxylic acids is 1. The third kappa shape index (κ3) is 4.29. The molecule has 1 aliphatic heterocycles. The van der Waals surface area contributed by atoms with Gasteiger partial charge >= 0.3 is 0 Å². The smallest absolute Gasteiger partial charge is 0.274 e. The molecule has 1 unspecified atom stereocenters. The molecular formula is C18H21N3O3. The van der Waals surface area contributed by atoms with Crippen LogP contribution in [0.3, 0.4) is 0 Å². The fourth-order valence-corrected chi connectivity index (χ4v) is 2.56. The number of amides is 1. The summed E-state index contributed by atoms with van der Waals surface area (Å²) in [5, 5.41) is 0. The summed E-state index contributed by atoms with van der Waals surface area (Å²) in [6.45, 7) is 4.98. The predicted molar refractivity (Wildman–Crippen MR) is 88.7 cm³/mol. The molecule has 6 nitrogen and oxygen atoms in total. The standard InChI is InChI=1S/C18H21N3O3/c1-14-11-21(7-8-23-12-14)18(22)16-9-20-17(10-19-16)24-13-15-5-3-2-4-6-15/h2-6,9-10,14H,7-8,11-13H2,1H3. The minimum absolute atomic E-state index is 0.116. The molecule has 2 heterocycles. The zero-order chi connectivity index (χ0) is 16.8. The molecule has 0 N–H and O–H groups in total. The topological polar surface area (TPSA) is 64.5 Å². The lowest BCUT2D eigenvalue weighted by molar-refractivity contribution is 0.0731. The van der Waals surface area contributed by atoms with Crippen LogP contribution in [0.5, 0.6) is 5.88 Å². The molecule has 0 bridgehead atoms. The second-order valence-electron chi connectivity index (χ2n) is 5.95. The summed E-state index contributed by atoms with van der Waals surface area (Å²) < 4.78 is 11.1. The third-order valence-corrected chi connectivity index (χ3v) is 3.80. The normalized spacial score (nSPS) is 18.0. The van der Waals surface area contributed by atoms with Crippen molar-refractivity contribution in [3.8, 4) is 5.88 Å². The van der Waals surface area contributed by atoms with E-state index in [2.05, 4.69) is 16.9 Å². The first kappa shape index (κ1) is 16.4. The largest absolute Gasteiger partial charge is 0.472 e. The van der Waals surface area contributed by atoms with E-state index in [0.717, 1.165) is 5.56 Å². The van der Waals surface area contributed by atoms with Crippen LogP contribution < -0.4 is 4.74 Å². The molecule has 126 valence electrons. The van der Waals surface area contributed by atoms with Gasteiger partial charge in [0.2, 0.25) is 5.88 Å². The predicted octanol–water partition coefficient (Wildman–Crippen LogP) is 2.16. The summed E-state index contributed by atoms with van der Waals surface area (Å²) in [5.74, 6) is 0.607. The third-order valence-electron chi connectivity index (χ3n) is 3.80. The first-order chi connectivity index (χ1) is 11.7. The van der Waals surface area contributed by atoms with Crippen molar-refractivity contribution in [1.29, 1.82) is 0 Å². The van der Waals surface area contributed by atoms with E-state index >= 15 is 0 Å². The summed E-state index contributed by atoms with van der Waals surface area (Å²) in [4.78, 5) is 22.7. The van der Waals surface area contributed by atoms with Gasteiger partial charge < -0.3 is 14.4 Å². The second-order valence-corrected chi connectivity index (χ2v) is 5.95. The first-order valence-electron chi connectivity index (χ1n) is 8.08. The number of hydrogen-bond donors (Lipinski definition) is 0. The number of rotatable bonds is 4. The van der Waals surface area contributed by atoms with E-state index in [1.165, 1.54) is 12.4 Å². The van der Waals surface area contributed by atoms with Gasteiger partial charge in [-0.05, 0) is 11.5 Å². The fraction of sp³-hybridized carbons (Fsp3) is 0.389. The molecule has 24 heavy (non-hydrogen) atoms. The van der Waals surface area contributed by atoms with Gasteiger partial charge in [-0.25, -0.2) is 9.97 Å². The van der Waals surface area contributed by atoms with Crippen molar-refractivity contribution in [2.24, 2.45) is 5.92 Å². The number of benzene rings is 1. The van der Waals surface area contributed by atoms with Gasteiger partial charge in [0.1, 0.15) is 12.3 Å². The highest BCUT2D eigenvalue weighted by Crippen LogP contribution is 2.12. The second kappa shape index (κ2) is 7.88. The Bertz CT molecular complexity index is 661. The van der Waals surface area contributed by atoms with Crippen LogP contribution in [0.2, 0.25) is 0 Å². The Kier molecular flexibility index (Phi) is 5.38. The van der Waals surface area contributed by atoms with Crippen LogP contribution >= 0.6 is 0 Å². The zero-order valence-corrected chi connectivity index (χ0v) is 13.7. The van der Waals surface area contributed by atoms with E-state index < -0.39 is 0 Å². The summed E-state index contributed by atoms with van der Waals surface area (Å²) in [6.07, 6.45) is 2.97. The van der Waals surface area contributed by atoms with Crippen molar-refractivity contribution in [1.82, 2.24) is 14.9 Å². The molecule has 1 amide bonds. The van der Waals surface area contributed by atoms with Gasteiger partial charge in [-0.1, -0.05) is 37.3 Å². The van der Waals surface area contributed by atoms with Gasteiger partial charge in [-0.2, -0.15) is 0 Å². The molecule has 3 rings (SSSR count). The highest BCUT2D eigenvalue weighted by molar-refractivity contribution is 5.92. The van der Waals surface area contributed by atoms with Crippen molar-refractivity contribution in [2.75, 3.05) is 26.3 Å². The quantitative estimate of drug-likeness (QED) is 0.861. The minimum atomic E-state index is -0.116. The van der Waals surface area contributed by atoms with E-state index in [4.69, 9.17) is 9.47 Å². The Morgan fingerprint density at radius 2 is 2.12 bits per heavy atom. The average molecular weight is 327 g/mol. The fourth-order valence-electron chi connectivity index (χ4n) is 2.56. The Balaban J connectivity index is 1.60. The maximum Gasteiger partial charge on any atom is 0.274 e. The van der Waals surface area contributed by atoms with Gasteiger partial charge in [0.25, 0.3) is 5.91 Å².